The maximum Gasteiger partial charge on any atom is 0.227 e. The molecule has 1 amide bonds. The van der Waals surface area contributed by atoms with Crippen LogP contribution in [0, 0.1) is 5.92 Å². The molecule has 3 rings (SSSR count). The molecular weight excluding hydrogens is 266 g/mol. The van der Waals surface area contributed by atoms with Gasteiger partial charge in [-0.3, -0.25) is 14.6 Å². The van der Waals surface area contributed by atoms with Gasteiger partial charge in [0.05, 0.1) is 5.92 Å². The van der Waals surface area contributed by atoms with Crippen molar-refractivity contribution in [3.05, 3.63) is 23.8 Å². The first-order valence-electron chi connectivity index (χ1n) is 7.93. The zero-order chi connectivity index (χ0) is 15.0. The number of likely N-dealkylation sites (tertiary alicyclic amines) is 2. The number of allylic oxidation sites excluding steroid dienone is 2. The van der Waals surface area contributed by atoms with Gasteiger partial charge in [0.15, 0.2) is 0 Å². The van der Waals surface area contributed by atoms with E-state index in [-0.39, 0.29) is 5.91 Å². The Kier molecular flexibility index (Phi) is 3.90. The van der Waals surface area contributed by atoms with E-state index < -0.39 is 17.8 Å². The summed E-state index contributed by atoms with van der Waals surface area (Å²) < 4.78 is 0. The Morgan fingerprint density at radius 1 is 1.33 bits per heavy atom. The Labute approximate surface area is 126 Å². The Hall–Kier alpha value is -1.17. The van der Waals surface area contributed by atoms with Crippen LogP contribution in [0.1, 0.15) is 32.6 Å². The molecular formula is C16H25N3O2. The molecule has 2 heterocycles. The number of nitrogens with two attached hydrogens (primary N) is 1. The van der Waals surface area contributed by atoms with Gasteiger partial charge in [0.25, 0.3) is 0 Å². The van der Waals surface area contributed by atoms with Gasteiger partial charge in [-0.05, 0) is 38.2 Å². The van der Waals surface area contributed by atoms with Crippen molar-refractivity contribution < 1.29 is 9.90 Å². The SMILES string of the molecule is CC1=CC=CC(C(N)=O)C1(N1CCCC1)N1CCCC1O. The fourth-order valence-electron chi connectivity index (χ4n) is 4.34. The van der Waals surface area contributed by atoms with Crippen molar-refractivity contribution in [3.63, 3.8) is 0 Å². The van der Waals surface area contributed by atoms with Crippen LogP contribution in [0.25, 0.3) is 0 Å². The van der Waals surface area contributed by atoms with E-state index in [1.54, 1.807) is 0 Å². The number of hydrogen-bond donors (Lipinski definition) is 2. The predicted octanol–water partition coefficient (Wildman–Crippen LogP) is 0.810. The molecule has 21 heavy (non-hydrogen) atoms. The van der Waals surface area contributed by atoms with E-state index >= 15 is 0 Å². The largest absolute Gasteiger partial charge is 0.378 e. The molecule has 2 fully saturated rings. The van der Waals surface area contributed by atoms with Crippen LogP contribution < -0.4 is 5.73 Å². The van der Waals surface area contributed by atoms with Crippen LogP contribution >= 0.6 is 0 Å². The quantitative estimate of drug-likeness (QED) is 0.807. The second-order valence-electron chi connectivity index (χ2n) is 6.35. The van der Waals surface area contributed by atoms with Crippen molar-refractivity contribution in [2.75, 3.05) is 19.6 Å². The first-order valence-corrected chi connectivity index (χ1v) is 7.93. The van der Waals surface area contributed by atoms with E-state index in [0.717, 1.165) is 50.9 Å². The molecule has 116 valence electrons. The predicted molar refractivity (Wildman–Crippen MR) is 81.1 cm³/mol. The van der Waals surface area contributed by atoms with E-state index in [0.29, 0.717) is 0 Å². The molecule has 0 aromatic heterocycles. The van der Waals surface area contributed by atoms with Crippen LogP contribution in [-0.2, 0) is 4.79 Å². The minimum Gasteiger partial charge on any atom is -0.378 e. The van der Waals surface area contributed by atoms with Crippen molar-refractivity contribution in [3.8, 4) is 0 Å². The number of hydrogen-bond acceptors (Lipinski definition) is 4. The monoisotopic (exact) mass is 291 g/mol. The minimum absolute atomic E-state index is 0.315. The molecule has 2 aliphatic heterocycles. The van der Waals surface area contributed by atoms with E-state index in [4.69, 9.17) is 5.73 Å². The molecule has 0 spiro atoms. The highest BCUT2D eigenvalue weighted by Gasteiger charge is 2.55. The lowest BCUT2D eigenvalue weighted by molar-refractivity contribution is -0.142. The summed E-state index contributed by atoms with van der Waals surface area (Å²) in [5, 5.41) is 10.5. The number of nitrogens with zero attached hydrogens (tertiary/aromatic N) is 2. The molecule has 0 saturated carbocycles. The summed E-state index contributed by atoms with van der Waals surface area (Å²) >= 11 is 0. The van der Waals surface area contributed by atoms with Crippen LogP contribution in [0.3, 0.4) is 0 Å². The van der Waals surface area contributed by atoms with Gasteiger partial charge in [-0.2, -0.15) is 0 Å². The molecule has 0 radical (unpaired) electrons. The van der Waals surface area contributed by atoms with E-state index in [9.17, 15) is 9.90 Å². The summed E-state index contributed by atoms with van der Waals surface area (Å²) in [5.41, 5.74) is 6.26. The summed E-state index contributed by atoms with van der Waals surface area (Å²) in [7, 11) is 0. The first-order chi connectivity index (χ1) is 10.1. The average Bonchev–Trinajstić information content (AvgIpc) is 3.10. The Morgan fingerprint density at radius 3 is 2.62 bits per heavy atom. The number of amides is 1. The zero-order valence-corrected chi connectivity index (χ0v) is 12.7. The molecule has 5 nitrogen and oxygen atoms in total. The minimum atomic E-state index is -0.576. The van der Waals surface area contributed by atoms with Crippen molar-refractivity contribution in [1.29, 1.82) is 0 Å². The van der Waals surface area contributed by atoms with E-state index in [1.165, 1.54) is 0 Å². The number of rotatable bonds is 3. The second-order valence-corrected chi connectivity index (χ2v) is 6.35. The highest BCUT2D eigenvalue weighted by Crippen LogP contribution is 2.44. The molecule has 3 unspecified atom stereocenters. The van der Waals surface area contributed by atoms with Gasteiger partial charge >= 0.3 is 0 Å². The Bertz CT molecular complexity index is 482. The second kappa shape index (κ2) is 5.55. The number of aliphatic hydroxyl groups excluding tert-OH is 1. The molecule has 2 saturated heterocycles. The third-order valence-corrected chi connectivity index (χ3v) is 5.22. The smallest absolute Gasteiger partial charge is 0.227 e. The van der Waals surface area contributed by atoms with Crippen LogP contribution in [0.5, 0.6) is 0 Å². The number of carbonyl (C=O) groups is 1. The van der Waals surface area contributed by atoms with Crippen LogP contribution in [0.2, 0.25) is 0 Å². The molecule has 1 aliphatic carbocycles. The summed E-state index contributed by atoms with van der Waals surface area (Å²) in [5.74, 6) is -0.724. The van der Waals surface area contributed by atoms with Gasteiger partial charge in [-0.15, -0.1) is 0 Å². The van der Waals surface area contributed by atoms with Crippen LogP contribution in [0.15, 0.2) is 23.8 Å². The summed E-state index contributed by atoms with van der Waals surface area (Å²) in [6.45, 7) is 4.77. The van der Waals surface area contributed by atoms with Gasteiger partial charge in [0.2, 0.25) is 5.91 Å². The number of carbonyl (C=O) groups excluding carboxylic acids is 1. The van der Waals surface area contributed by atoms with Gasteiger partial charge < -0.3 is 10.8 Å². The fourth-order valence-corrected chi connectivity index (χ4v) is 4.34. The summed E-state index contributed by atoms with van der Waals surface area (Å²) in [4.78, 5) is 16.6. The summed E-state index contributed by atoms with van der Waals surface area (Å²) in [6.07, 6.45) is 9.37. The highest BCUT2D eigenvalue weighted by atomic mass is 16.3. The lowest BCUT2D eigenvalue weighted by Crippen LogP contribution is -2.68. The lowest BCUT2D eigenvalue weighted by Gasteiger charge is -2.54. The molecule has 3 aliphatic rings. The Balaban J connectivity index is 2.11. The van der Waals surface area contributed by atoms with Crippen LogP contribution in [-0.4, -0.2) is 52.3 Å². The maximum atomic E-state index is 12.1. The van der Waals surface area contributed by atoms with Crippen molar-refractivity contribution in [2.45, 2.75) is 44.5 Å². The molecule has 0 aromatic carbocycles. The van der Waals surface area contributed by atoms with E-state index in [1.807, 2.05) is 12.2 Å². The lowest BCUT2D eigenvalue weighted by atomic mass is 9.79. The molecule has 3 N–H and O–H groups in total. The molecule has 3 atom stereocenters. The topological polar surface area (TPSA) is 69.8 Å². The maximum absolute atomic E-state index is 12.1. The van der Waals surface area contributed by atoms with E-state index in [2.05, 4.69) is 22.8 Å². The number of aliphatic hydroxyl groups is 1. The third kappa shape index (κ3) is 2.15. The normalized spacial score (nSPS) is 37.9. The van der Waals surface area contributed by atoms with Crippen LogP contribution in [0.4, 0.5) is 0 Å². The number of primary amides is 1. The van der Waals surface area contributed by atoms with Gasteiger partial charge in [-0.1, -0.05) is 18.2 Å². The standard InChI is InChI=1S/C16H25N3O2/c1-12-6-4-7-13(15(17)21)16(12,18-9-2-3-10-18)19-11-5-8-14(19)20/h4,6-7,13-14,20H,2-3,5,8-11H2,1H3,(H2,17,21). The molecule has 5 heteroatoms. The molecule has 0 bridgehead atoms. The van der Waals surface area contributed by atoms with Gasteiger partial charge in [-0.25, -0.2) is 0 Å². The zero-order valence-electron chi connectivity index (χ0n) is 12.7. The third-order valence-electron chi connectivity index (χ3n) is 5.22. The first kappa shape index (κ1) is 14.8. The van der Waals surface area contributed by atoms with Crippen molar-refractivity contribution >= 4 is 5.91 Å². The van der Waals surface area contributed by atoms with Crippen molar-refractivity contribution in [2.24, 2.45) is 11.7 Å². The van der Waals surface area contributed by atoms with Crippen molar-refractivity contribution in [1.82, 2.24) is 9.80 Å². The highest BCUT2D eigenvalue weighted by molar-refractivity contribution is 5.81. The molecule has 0 aromatic rings. The van der Waals surface area contributed by atoms with Gasteiger partial charge in [0.1, 0.15) is 11.9 Å². The summed E-state index contributed by atoms with van der Waals surface area (Å²) in [6, 6.07) is 0. The Morgan fingerprint density at radius 2 is 2.05 bits per heavy atom. The fraction of sp³-hybridized carbons (Fsp3) is 0.688. The average molecular weight is 291 g/mol. The van der Waals surface area contributed by atoms with Gasteiger partial charge in [0, 0.05) is 19.6 Å².